The maximum Gasteiger partial charge on any atom is 0.335 e. The molecule has 1 fully saturated rings. The van der Waals surface area contributed by atoms with Crippen LogP contribution in [0.5, 0.6) is 0 Å². The molecule has 0 bridgehead atoms. The summed E-state index contributed by atoms with van der Waals surface area (Å²) in [4.78, 5) is 23.3. The van der Waals surface area contributed by atoms with Crippen LogP contribution in [0.25, 0.3) is 0 Å². The lowest BCUT2D eigenvalue weighted by molar-refractivity contribution is -0.126. The summed E-state index contributed by atoms with van der Waals surface area (Å²) < 4.78 is 5.19. The Morgan fingerprint density at radius 1 is 1.38 bits per heavy atom. The summed E-state index contributed by atoms with van der Waals surface area (Å²) in [5.74, 6) is -1.38. The fourth-order valence-corrected chi connectivity index (χ4v) is 2.34. The van der Waals surface area contributed by atoms with Crippen LogP contribution in [-0.4, -0.2) is 30.2 Å². The second kappa shape index (κ2) is 5.94. The summed E-state index contributed by atoms with van der Waals surface area (Å²) in [7, 11) is 0. The van der Waals surface area contributed by atoms with Gasteiger partial charge >= 0.3 is 5.97 Å². The van der Waals surface area contributed by atoms with Gasteiger partial charge in [-0.1, -0.05) is 0 Å². The first kappa shape index (κ1) is 15.0. The average Bonchev–Trinajstić information content (AvgIpc) is 2.47. The number of ether oxygens (including phenoxy) is 1. The second-order valence-corrected chi connectivity index (χ2v) is 5.10. The van der Waals surface area contributed by atoms with Crippen molar-refractivity contribution in [3.8, 4) is 6.07 Å². The number of nitrogens with zero attached hydrogens (tertiary/aromatic N) is 1. The summed E-state index contributed by atoms with van der Waals surface area (Å²) in [6.45, 7) is 2.43. The standard InChI is InChI=1S/C15H16N2O4/c1-10-8-11(2-3-12(10)13(18)19)17-14(20)15(9-16)4-6-21-7-5-15/h2-3,8H,4-7H2,1H3,(H,17,20)(H,18,19). The monoisotopic (exact) mass is 288 g/mol. The largest absolute Gasteiger partial charge is 0.478 e. The molecule has 2 rings (SSSR count). The van der Waals surface area contributed by atoms with Gasteiger partial charge in [-0.2, -0.15) is 5.26 Å². The molecule has 0 aromatic heterocycles. The first-order valence-electron chi connectivity index (χ1n) is 6.63. The molecule has 0 spiro atoms. The van der Waals surface area contributed by atoms with Gasteiger partial charge in [0.25, 0.3) is 0 Å². The van der Waals surface area contributed by atoms with Gasteiger partial charge in [-0.3, -0.25) is 4.79 Å². The zero-order valence-electron chi connectivity index (χ0n) is 11.7. The van der Waals surface area contributed by atoms with Gasteiger partial charge in [0.15, 0.2) is 0 Å². The smallest absolute Gasteiger partial charge is 0.335 e. The highest BCUT2D eigenvalue weighted by Gasteiger charge is 2.40. The third kappa shape index (κ3) is 3.03. The Bertz CT molecular complexity index is 613. The van der Waals surface area contributed by atoms with Crippen LogP contribution in [0.15, 0.2) is 18.2 Å². The molecule has 1 saturated heterocycles. The van der Waals surface area contributed by atoms with E-state index in [1.165, 1.54) is 12.1 Å². The molecule has 1 aromatic rings. The quantitative estimate of drug-likeness (QED) is 0.885. The number of hydrogen-bond acceptors (Lipinski definition) is 4. The number of nitrogens with one attached hydrogen (secondary N) is 1. The van der Waals surface area contributed by atoms with Gasteiger partial charge < -0.3 is 15.2 Å². The molecule has 21 heavy (non-hydrogen) atoms. The Morgan fingerprint density at radius 2 is 2.05 bits per heavy atom. The normalized spacial score (nSPS) is 16.8. The molecule has 0 radical (unpaired) electrons. The van der Waals surface area contributed by atoms with Gasteiger partial charge in [-0.25, -0.2) is 4.79 Å². The Kier molecular flexibility index (Phi) is 4.24. The molecule has 1 amide bonds. The molecule has 0 aliphatic carbocycles. The van der Waals surface area contributed by atoms with E-state index in [0.717, 1.165) is 0 Å². The number of carboxylic acid groups (broad SMARTS) is 1. The van der Waals surface area contributed by atoms with Gasteiger partial charge in [-0.15, -0.1) is 0 Å². The molecular formula is C15H16N2O4. The van der Waals surface area contributed by atoms with E-state index in [-0.39, 0.29) is 11.5 Å². The molecule has 1 aliphatic rings. The zero-order valence-corrected chi connectivity index (χ0v) is 11.7. The number of rotatable bonds is 3. The molecule has 6 heteroatoms. The van der Waals surface area contributed by atoms with Crippen molar-refractivity contribution in [3.05, 3.63) is 29.3 Å². The maximum absolute atomic E-state index is 12.3. The Labute approximate surface area is 122 Å². The number of anilines is 1. The van der Waals surface area contributed by atoms with Crippen molar-refractivity contribution in [1.29, 1.82) is 5.26 Å². The molecule has 1 aromatic carbocycles. The van der Waals surface area contributed by atoms with Crippen molar-refractivity contribution in [3.63, 3.8) is 0 Å². The van der Waals surface area contributed by atoms with E-state index in [9.17, 15) is 14.9 Å². The fraction of sp³-hybridized carbons (Fsp3) is 0.400. The molecule has 110 valence electrons. The number of aromatic carboxylic acids is 1. The minimum absolute atomic E-state index is 0.189. The predicted molar refractivity (Wildman–Crippen MR) is 74.9 cm³/mol. The summed E-state index contributed by atoms with van der Waals surface area (Å²) in [5, 5.41) is 21.0. The van der Waals surface area contributed by atoms with Gasteiger partial charge in [0, 0.05) is 18.9 Å². The minimum atomic E-state index is -1.07. The van der Waals surface area contributed by atoms with Gasteiger partial charge in [0.1, 0.15) is 5.41 Å². The molecule has 0 saturated carbocycles. The van der Waals surface area contributed by atoms with Crippen LogP contribution in [0, 0.1) is 23.7 Å². The number of hydrogen-bond donors (Lipinski definition) is 2. The lowest BCUT2D eigenvalue weighted by atomic mass is 9.81. The van der Waals surface area contributed by atoms with E-state index < -0.39 is 11.4 Å². The molecule has 6 nitrogen and oxygen atoms in total. The van der Waals surface area contributed by atoms with E-state index in [2.05, 4.69) is 11.4 Å². The van der Waals surface area contributed by atoms with Crippen molar-refractivity contribution in [2.45, 2.75) is 19.8 Å². The van der Waals surface area contributed by atoms with Crippen molar-refractivity contribution in [2.75, 3.05) is 18.5 Å². The van der Waals surface area contributed by atoms with Crippen LogP contribution in [-0.2, 0) is 9.53 Å². The van der Waals surface area contributed by atoms with Crippen molar-refractivity contribution in [1.82, 2.24) is 0 Å². The van der Waals surface area contributed by atoms with Crippen LogP contribution in [0.4, 0.5) is 5.69 Å². The third-order valence-corrected chi connectivity index (χ3v) is 3.71. The number of aryl methyl sites for hydroxylation is 1. The van der Waals surface area contributed by atoms with Crippen LogP contribution < -0.4 is 5.32 Å². The summed E-state index contributed by atoms with van der Waals surface area (Å²) in [6.07, 6.45) is 0.725. The van der Waals surface area contributed by atoms with Gasteiger partial charge in [0.05, 0.1) is 11.6 Å². The molecule has 0 atom stereocenters. The van der Waals surface area contributed by atoms with E-state index in [1.807, 2.05) is 0 Å². The Balaban J connectivity index is 2.18. The second-order valence-electron chi connectivity index (χ2n) is 5.10. The summed E-state index contributed by atoms with van der Waals surface area (Å²) in [5.41, 5.74) is 0.161. The minimum Gasteiger partial charge on any atom is -0.478 e. The van der Waals surface area contributed by atoms with Crippen molar-refractivity contribution < 1.29 is 19.4 Å². The van der Waals surface area contributed by atoms with Crippen molar-refractivity contribution in [2.24, 2.45) is 5.41 Å². The van der Waals surface area contributed by atoms with Crippen molar-refractivity contribution >= 4 is 17.6 Å². The van der Waals surface area contributed by atoms with Crippen LogP contribution in [0.1, 0.15) is 28.8 Å². The van der Waals surface area contributed by atoms with Crippen LogP contribution >= 0.6 is 0 Å². The number of benzene rings is 1. The molecule has 1 aliphatic heterocycles. The first-order chi connectivity index (χ1) is 9.98. The molecule has 2 N–H and O–H groups in total. The lowest BCUT2D eigenvalue weighted by Crippen LogP contribution is -2.39. The number of nitriles is 1. The number of carbonyl (C=O) groups is 2. The topological polar surface area (TPSA) is 99.4 Å². The SMILES string of the molecule is Cc1cc(NC(=O)C2(C#N)CCOCC2)ccc1C(=O)O. The molecular weight excluding hydrogens is 272 g/mol. The van der Waals surface area contributed by atoms with E-state index in [0.29, 0.717) is 37.3 Å². The predicted octanol–water partition coefficient (Wildman–Crippen LogP) is 1.95. The number of carbonyl (C=O) groups excluding carboxylic acids is 1. The fourth-order valence-electron chi connectivity index (χ4n) is 2.34. The highest BCUT2D eigenvalue weighted by Crippen LogP contribution is 2.31. The zero-order chi connectivity index (χ0) is 15.5. The molecule has 0 unspecified atom stereocenters. The Morgan fingerprint density at radius 3 is 2.57 bits per heavy atom. The number of carboxylic acids is 1. The van der Waals surface area contributed by atoms with Crippen LogP contribution in [0.3, 0.4) is 0 Å². The Hall–Kier alpha value is -2.39. The first-order valence-corrected chi connectivity index (χ1v) is 6.63. The number of amides is 1. The highest BCUT2D eigenvalue weighted by molar-refractivity contribution is 5.98. The maximum atomic E-state index is 12.3. The van der Waals surface area contributed by atoms with Gasteiger partial charge in [0.2, 0.25) is 5.91 Å². The summed E-state index contributed by atoms with van der Waals surface area (Å²) in [6, 6.07) is 6.65. The van der Waals surface area contributed by atoms with E-state index in [1.54, 1.807) is 13.0 Å². The van der Waals surface area contributed by atoms with E-state index >= 15 is 0 Å². The molecule has 1 heterocycles. The third-order valence-electron chi connectivity index (χ3n) is 3.71. The lowest BCUT2D eigenvalue weighted by Gasteiger charge is -2.29. The highest BCUT2D eigenvalue weighted by atomic mass is 16.5. The van der Waals surface area contributed by atoms with Crippen LogP contribution in [0.2, 0.25) is 0 Å². The van der Waals surface area contributed by atoms with E-state index in [4.69, 9.17) is 9.84 Å². The van der Waals surface area contributed by atoms with Gasteiger partial charge in [-0.05, 0) is 43.5 Å². The summed E-state index contributed by atoms with van der Waals surface area (Å²) >= 11 is 0. The average molecular weight is 288 g/mol.